The van der Waals surface area contributed by atoms with Crippen molar-refractivity contribution in [2.75, 3.05) is 13.2 Å². The van der Waals surface area contributed by atoms with E-state index in [2.05, 4.69) is 16.0 Å². The lowest BCUT2D eigenvalue weighted by Gasteiger charge is -2.22. The molecule has 0 radical (unpaired) electrons. The van der Waals surface area contributed by atoms with Crippen LogP contribution in [0.5, 0.6) is 0 Å². The predicted octanol–water partition coefficient (Wildman–Crippen LogP) is 2.16. The highest BCUT2D eigenvalue weighted by molar-refractivity contribution is 5.89. The Morgan fingerprint density at radius 2 is 1.38 bits per heavy atom. The van der Waals surface area contributed by atoms with E-state index in [0.717, 1.165) is 5.56 Å². The molecule has 0 fully saturated rings. The number of carbonyl (C=O) groups is 5. The summed E-state index contributed by atoms with van der Waals surface area (Å²) in [4.78, 5) is 60.8. The van der Waals surface area contributed by atoms with E-state index < -0.39 is 60.9 Å². The largest absolute Gasteiger partial charge is 0.480 e. The number of nitrogens with one attached hydrogen (secondary N) is 3. The molecule has 2 aromatic rings. The van der Waals surface area contributed by atoms with E-state index in [0.29, 0.717) is 5.56 Å². The quantitative estimate of drug-likeness (QED) is 0.231. The number of hydrogen-bond acceptors (Lipinski definition) is 8. The van der Waals surface area contributed by atoms with Gasteiger partial charge in [0.15, 0.2) is 6.04 Å². The van der Waals surface area contributed by atoms with Crippen LogP contribution in [0.1, 0.15) is 31.9 Å². The van der Waals surface area contributed by atoms with Crippen LogP contribution < -0.4 is 16.0 Å². The van der Waals surface area contributed by atoms with Crippen LogP contribution in [0.25, 0.3) is 0 Å². The number of aliphatic carboxylic acids is 1. The Morgan fingerprint density at radius 1 is 0.795 bits per heavy atom. The molecule has 0 saturated carbocycles. The van der Waals surface area contributed by atoms with E-state index in [1.165, 1.54) is 0 Å². The summed E-state index contributed by atoms with van der Waals surface area (Å²) >= 11 is 0. The molecule has 0 saturated heterocycles. The standard InChI is InChI=1S/C27H33N3O9/c1-27(2,3)39-25(35)28-15-22(31)37-17-21(24(33)34)29-23(32)20(14-18-10-6-4-7-11-18)30-26(36)38-16-19-12-8-5-9-13-19/h4-13,20-21H,14-17H2,1-3H3,(H,28,35)(H,29,32)(H,30,36)(H,33,34)/t20-,21+/m0/s1. The van der Waals surface area contributed by atoms with Crippen LogP contribution in [0.4, 0.5) is 9.59 Å². The fraction of sp³-hybridized carbons (Fsp3) is 0.370. The zero-order valence-corrected chi connectivity index (χ0v) is 22.0. The average molecular weight is 544 g/mol. The van der Waals surface area contributed by atoms with Gasteiger partial charge in [-0.15, -0.1) is 0 Å². The molecule has 12 heteroatoms. The number of carboxylic acid groups (broad SMARTS) is 1. The van der Waals surface area contributed by atoms with Crippen molar-refractivity contribution < 1.29 is 43.3 Å². The number of esters is 1. The highest BCUT2D eigenvalue weighted by Gasteiger charge is 2.28. The van der Waals surface area contributed by atoms with Gasteiger partial charge < -0.3 is 35.3 Å². The van der Waals surface area contributed by atoms with Crippen molar-refractivity contribution in [1.82, 2.24) is 16.0 Å². The Hall–Kier alpha value is -4.61. The smallest absolute Gasteiger partial charge is 0.408 e. The summed E-state index contributed by atoms with van der Waals surface area (Å²) in [5.74, 6) is -3.24. The van der Waals surface area contributed by atoms with Gasteiger partial charge in [0.1, 0.15) is 31.4 Å². The third kappa shape index (κ3) is 12.5. The van der Waals surface area contributed by atoms with Crippen molar-refractivity contribution in [1.29, 1.82) is 0 Å². The maximum absolute atomic E-state index is 13.0. The number of carboxylic acids is 1. The molecule has 0 aromatic heterocycles. The molecular formula is C27H33N3O9. The minimum Gasteiger partial charge on any atom is -0.480 e. The first-order valence-electron chi connectivity index (χ1n) is 12.1. The van der Waals surface area contributed by atoms with Crippen LogP contribution in [-0.4, -0.2) is 66.0 Å². The molecule has 4 N–H and O–H groups in total. The zero-order valence-electron chi connectivity index (χ0n) is 22.0. The Bertz CT molecular complexity index is 1120. The van der Waals surface area contributed by atoms with Crippen molar-refractivity contribution in [2.45, 2.75) is 51.5 Å². The highest BCUT2D eigenvalue weighted by atomic mass is 16.6. The Labute approximate surface area is 226 Å². The summed E-state index contributed by atoms with van der Waals surface area (Å²) in [7, 11) is 0. The van der Waals surface area contributed by atoms with E-state index in [-0.39, 0.29) is 13.0 Å². The van der Waals surface area contributed by atoms with Crippen molar-refractivity contribution >= 4 is 30.0 Å². The Balaban J connectivity index is 1.97. The number of benzene rings is 2. The van der Waals surface area contributed by atoms with Crippen LogP contribution >= 0.6 is 0 Å². The number of rotatable bonds is 12. The zero-order chi connectivity index (χ0) is 28.8. The normalized spacial score (nSPS) is 12.3. The molecule has 0 heterocycles. The highest BCUT2D eigenvalue weighted by Crippen LogP contribution is 2.07. The second kappa shape index (κ2) is 15.0. The van der Waals surface area contributed by atoms with Crippen LogP contribution in [0, 0.1) is 0 Å². The van der Waals surface area contributed by atoms with Gasteiger partial charge in [0.2, 0.25) is 5.91 Å². The summed E-state index contributed by atoms with van der Waals surface area (Å²) in [6.45, 7) is 3.63. The minimum atomic E-state index is -1.62. The molecule has 0 unspecified atom stereocenters. The van der Waals surface area contributed by atoms with Gasteiger partial charge in [0, 0.05) is 6.42 Å². The molecule has 0 aliphatic carbocycles. The molecule has 3 amide bonds. The second-order valence-corrected chi connectivity index (χ2v) is 9.39. The van der Waals surface area contributed by atoms with Crippen molar-refractivity contribution in [2.24, 2.45) is 0 Å². The first-order chi connectivity index (χ1) is 18.4. The first kappa shape index (κ1) is 30.6. The Kier molecular flexibility index (Phi) is 11.7. The van der Waals surface area contributed by atoms with Gasteiger partial charge in [0.05, 0.1) is 0 Å². The lowest BCUT2D eigenvalue weighted by molar-refractivity contribution is -0.150. The van der Waals surface area contributed by atoms with Crippen molar-refractivity contribution in [3.8, 4) is 0 Å². The topological polar surface area (TPSA) is 169 Å². The second-order valence-electron chi connectivity index (χ2n) is 9.39. The summed E-state index contributed by atoms with van der Waals surface area (Å²) < 4.78 is 15.1. The van der Waals surface area contributed by atoms with Crippen LogP contribution in [0.15, 0.2) is 60.7 Å². The average Bonchev–Trinajstić information content (AvgIpc) is 2.88. The number of ether oxygens (including phenoxy) is 3. The molecule has 2 atom stereocenters. The summed E-state index contributed by atoms with van der Waals surface area (Å²) in [6, 6.07) is 14.9. The SMILES string of the molecule is CC(C)(C)OC(=O)NCC(=O)OC[C@@H](NC(=O)[C@H](Cc1ccccc1)NC(=O)OCc1ccccc1)C(=O)O. The van der Waals surface area contributed by atoms with Gasteiger partial charge >= 0.3 is 24.1 Å². The molecule has 39 heavy (non-hydrogen) atoms. The molecule has 2 rings (SSSR count). The molecule has 0 bridgehead atoms. The van der Waals surface area contributed by atoms with E-state index >= 15 is 0 Å². The van der Waals surface area contributed by atoms with Crippen molar-refractivity contribution in [3.05, 3.63) is 71.8 Å². The van der Waals surface area contributed by atoms with E-state index in [9.17, 15) is 29.1 Å². The number of alkyl carbamates (subject to hydrolysis) is 2. The van der Waals surface area contributed by atoms with Crippen LogP contribution in [0.3, 0.4) is 0 Å². The third-order valence-electron chi connectivity index (χ3n) is 4.91. The van der Waals surface area contributed by atoms with Crippen LogP contribution in [0.2, 0.25) is 0 Å². The van der Waals surface area contributed by atoms with E-state index in [1.807, 2.05) is 6.07 Å². The van der Waals surface area contributed by atoms with Gasteiger partial charge in [-0.3, -0.25) is 9.59 Å². The minimum absolute atomic E-state index is 0.0304. The lowest BCUT2D eigenvalue weighted by atomic mass is 10.1. The fourth-order valence-electron chi connectivity index (χ4n) is 3.10. The molecular weight excluding hydrogens is 510 g/mol. The molecule has 12 nitrogen and oxygen atoms in total. The monoisotopic (exact) mass is 543 g/mol. The van der Waals surface area contributed by atoms with Gasteiger partial charge in [-0.1, -0.05) is 60.7 Å². The maximum Gasteiger partial charge on any atom is 0.408 e. The number of amides is 3. The fourth-order valence-corrected chi connectivity index (χ4v) is 3.10. The number of carbonyl (C=O) groups excluding carboxylic acids is 4. The van der Waals surface area contributed by atoms with Gasteiger partial charge in [0.25, 0.3) is 0 Å². The van der Waals surface area contributed by atoms with Crippen molar-refractivity contribution in [3.63, 3.8) is 0 Å². The molecule has 0 aliphatic rings. The van der Waals surface area contributed by atoms with Gasteiger partial charge in [-0.25, -0.2) is 14.4 Å². The summed E-state index contributed by atoms with van der Waals surface area (Å²) in [6.07, 6.45) is -1.68. The van der Waals surface area contributed by atoms with Crippen LogP contribution in [-0.2, 0) is 41.6 Å². The molecule has 2 aromatic carbocycles. The molecule has 0 spiro atoms. The lowest BCUT2D eigenvalue weighted by Crippen LogP contribution is -2.54. The predicted molar refractivity (Wildman–Crippen MR) is 138 cm³/mol. The molecule has 0 aliphatic heterocycles. The summed E-state index contributed by atoms with van der Waals surface area (Å²) in [5.41, 5.74) is 0.670. The van der Waals surface area contributed by atoms with E-state index in [1.54, 1.807) is 75.4 Å². The Morgan fingerprint density at radius 3 is 1.95 bits per heavy atom. The number of hydrogen-bond donors (Lipinski definition) is 4. The third-order valence-corrected chi connectivity index (χ3v) is 4.91. The van der Waals surface area contributed by atoms with E-state index in [4.69, 9.17) is 14.2 Å². The first-order valence-corrected chi connectivity index (χ1v) is 12.1. The summed E-state index contributed by atoms with van der Waals surface area (Å²) in [5, 5.41) is 16.5. The van der Waals surface area contributed by atoms with Gasteiger partial charge in [-0.05, 0) is 31.9 Å². The van der Waals surface area contributed by atoms with Gasteiger partial charge in [-0.2, -0.15) is 0 Å². The molecule has 210 valence electrons. The maximum atomic E-state index is 13.0.